The van der Waals surface area contributed by atoms with Crippen molar-refractivity contribution in [2.45, 2.75) is 37.5 Å². The van der Waals surface area contributed by atoms with Gasteiger partial charge in [-0.15, -0.1) is 0 Å². The van der Waals surface area contributed by atoms with Gasteiger partial charge in [0.15, 0.2) is 0 Å². The molecule has 0 aliphatic heterocycles. The Morgan fingerprint density at radius 3 is 2.13 bits per heavy atom. The molecule has 0 saturated heterocycles. The zero-order valence-corrected chi connectivity index (χ0v) is 14.9. The molecule has 0 radical (unpaired) electrons. The molecule has 23 heavy (non-hydrogen) atoms. The van der Waals surface area contributed by atoms with E-state index < -0.39 is 0 Å². The molecule has 1 spiro atoms. The molecule has 0 nitrogen and oxygen atoms in total. The fourth-order valence-corrected chi connectivity index (χ4v) is 7.49. The van der Waals surface area contributed by atoms with Crippen LogP contribution in [0, 0.1) is 23.7 Å². The largest absolute Gasteiger partial charge is 0.0619 e. The van der Waals surface area contributed by atoms with Crippen LogP contribution in [0.2, 0.25) is 0 Å². The van der Waals surface area contributed by atoms with Gasteiger partial charge in [-0.05, 0) is 90.2 Å². The van der Waals surface area contributed by atoms with Gasteiger partial charge in [-0.25, -0.2) is 0 Å². The van der Waals surface area contributed by atoms with E-state index in [2.05, 4.69) is 58.4 Å². The molecular formula is C22H21Br. The highest BCUT2D eigenvalue weighted by molar-refractivity contribution is 9.10. The van der Waals surface area contributed by atoms with Gasteiger partial charge in [0.05, 0.1) is 0 Å². The van der Waals surface area contributed by atoms with E-state index >= 15 is 0 Å². The SMILES string of the molecule is Brc1ccc2c(c1)C1(c3ccccc3-2)C2CC3CC(C2)CC1C3. The topological polar surface area (TPSA) is 0 Å². The zero-order valence-electron chi connectivity index (χ0n) is 13.3. The first-order chi connectivity index (χ1) is 11.3. The highest BCUT2D eigenvalue weighted by Crippen LogP contribution is 2.69. The van der Waals surface area contributed by atoms with Crippen LogP contribution < -0.4 is 0 Å². The van der Waals surface area contributed by atoms with Crippen molar-refractivity contribution in [3.8, 4) is 11.1 Å². The Labute approximate surface area is 146 Å². The molecule has 7 rings (SSSR count). The lowest BCUT2D eigenvalue weighted by atomic mass is 9.43. The van der Waals surface area contributed by atoms with E-state index in [4.69, 9.17) is 0 Å². The molecule has 0 aromatic heterocycles. The highest BCUT2D eigenvalue weighted by Gasteiger charge is 2.61. The Hall–Kier alpha value is -1.08. The van der Waals surface area contributed by atoms with E-state index in [9.17, 15) is 0 Å². The minimum absolute atomic E-state index is 0.323. The van der Waals surface area contributed by atoms with E-state index in [-0.39, 0.29) is 0 Å². The summed E-state index contributed by atoms with van der Waals surface area (Å²) in [6, 6.07) is 16.3. The second-order valence-electron chi connectivity index (χ2n) is 8.41. The van der Waals surface area contributed by atoms with Gasteiger partial charge >= 0.3 is 0 Å². The third-order valence-electron chi connectivity index (χ3n) is 7.52. The lowest BCUT2D eigenvalue weighted by molar-refractivity contribution is -0.0399. The maximum atomic E-state index is 3.76. The minimum atomic E-state index is 0.323. The maximum Gasteiger partial charge on any atom is 0.0272 e. The summed E-state index contributed by atoms with van der Waals surface area (Å²) in [7, 11) is 0. The Balaban J connectivity index is 1.69. The number of fused-ring (bicyclic) bond motifs is 3. The third-order valence-corrected chi connectivity index (χ3v) is 8.01. The van der Waals surface area contributed by atoms with Gasteiger partial charge in [-0.1, -0.05) is 46.3 Å². The summed E-state index contributed by atoms with van der Waals surface area (Å²) in [4.78, 5) is 0. The molecule has 0 N–H and O–H groups in total. The molecule has 5 aliphatic rings. The number of hydrogen-bond acceptors (Lipinski definition) is 0. The molecule has 2 aromatic rings. The fraction of sp³-hybridized carbons (Fsp3) is 0.455. The van der Waals surface area contributed by atoms with Crippen LogP contribution in [0.1, 0.15) is 43.2 Å². The number of benzene rings is 2. The van der Waals surface area contributed by atoms with Gasteiger partial charge in [0.1, 0.15) is 0 Å². The average molecular weight is 365 g/mol. The van der Waals surface area contributed by atoms with Crippen molar-refractivity contribution in [3.63, 3.8) is 0 Å². The smallest absolute Gasteiger partial charge is 0.0272 e. The van der Waals surface area contributed by atoms with Crippen LogP contribution in [0.5, 0.6) is 0 Å². The first-order valence-corrected chi connectivity index (χ1v) is 9.96. The number of rotatable bonds is 0. The first-order valence-electron chi connectivity index (χ1n) is 9.16. The molecule has 116 valence electrons. The van der Waals surface area contributed by atoms with Gasteiger partial charge < -0.3 is 0 Å². The lowest BCUT2D eigenvalue weighted by Crippen LogP contribution is -2.55. The third kappa shape index (κ3) is 1.49. The van der Waals surface area contributed by atoms with Crippen molar-refractivity contribution < 1.29 is 0 Å². The first kappa shape index (κ1) is 13.2. The maximum absolute atomic E-state index is 3.76. The molecule has 1 heteroatoms. The normalized spacial score (nSPS) is 38.8. The molecule has 0 unspecified atom stereocenters. The van der Waals surface area contributed by atoms with Crippen molar-refractivity contribution in [2.24, 2.45) is 23.7 Å². The van der Waals surface area contributed by atoms with Crippen LogP contribution in [0.3, 0.4) is 0 Å². The van der Waals surface area contributed by atoms with Gasteiger partial charge in [-0.2, -0.15) is 0 Å². The minimum Gasteiger partial charge on any atom is -0.0619 e. The van der Waals surface area contributed by atoms with Crippen molar-refractivity contribution in [1.82, 2.24) is 0 Å². The Bertz CT molecular complexity index is 790. The van der Waals surface area contributed by atoms with Crippen LogP contribution in [0.25, 0.3) is 11.1 Å². The van der Waals surface area contributed by atoms with Crippen LogP contribution in [0.15, 0.2) is 46.9 Å². The summed E-state index contributed by atoms with van der Waals surface area (Å²) < 4.78 is 1.25. The summed E-state index contributed by atoms with van der Waals surface area (Å²) in [5.74, 6) is 3.78. The van der Waals surface area contributed by atoms with E-state index in [1.807, 2.05) is 0 Å². The van der Waals surface area contributed by atoms with Gasteiger partial charge in [0, 0.05) is 9.89 Å². The molecular weight excluding hydrogens is 344 g/mol. The fourth-order valence-electron chi connectivity index (χ4n) is 7.12. The van der Waals surface area contributed by atoms with Gasteiger partial charge in [0.25, 0.3) is 0 Å². The Kier molecular flexibility index (Phi) is 2.48. The number of hydrogen-bond donors (Lipinski definition) is 0. The highest BCUT2D eigenvalue weighted by atomic mass is 79.9. The van der Waals surface area contributed by atoms with Crippen LogP contribution >= 0.6 is 15.9 Å². The molecule has 4 fully saturated rings. The predicted molar refractivity (Wildman–Crippen MR) is 97.4 cm³/mol. The van der Waals surface area contributed by atoms with Crippen LogP contribution in [-0.4, -0.2) is 0 Å². The van der Waals surface area contributed by atoms with Gasteiger partial charge in [0.2, 0.25) is 0 Å². The second-order valence-corrected chi connectivity index (χ2v) is 9.32. The zero-order chi connectivity index (χ0) is 15.2. The lowest BCUT2D eigenvalue weighted by Gasteiger charge is -2.61. The Morgan fingerprint density at radius 1 is 0.739 bits per heavy atom. The summed E-state index contributed by atoms with van der Waals surface area (Å²) in [5.41, 5.74) is 6.64. The van der Waals surface area contributed by atoms with Crippen LogP contribution in [0.4, 0.5) is 0 Å². The van der Waals surface area contributed by atoms with Crippen molar-refractivity contribution in [1.29, 1.82) is 0 Å². The van der Waals surface area contributed by atoms with Crippen molar-refractivity contribution in [2.75, 3.05) is 0 Å². The summed E-state index contributed by atoms with van der Waals surface area (Å²) >= 11 is 3.76. The van der Waals surface area contributed by atoms with E-state index in [0.29, 0.717) is 5.41 Å². The standard InChI is InChI=1S/C22H21Br/c23-17-5-6-19-18-3-1-2-4-20(18)22(21(19)12-17)15-8-13-7-14(10-15)11-16(22)9-13/h1-6,12-16H,7-11H2. The van der Waals surface area contributed by atoms with E-state index in [0.717, 1.165) is 23.7 Å². The van der Waals surface area contributed by atoms with Gasteiger partial charge in [-0.3, -0.25) is 0 Å². The number of halogens is 1. The van der Waals surface area contributed by atoms with Crippen molar-refractivity contribution >= 4 is 15.9 Å². The summed E-state index contributed by atoms with van der Waals surface area (Å²) in [5, 5.41) is 0. The second kappa shape index (κ2) is 4.30. The Morgan fingerprint density at radius 2 is 1.39 bits per heavy atom. The molecule has 0 amide bonds. The molecule has 2 aromatic carbocycles. The van der Waals surface area contributed by atoms with Crippen molar-refractivity contribution in [3.05, 3.63) is 58.1 Å². The molecule has 0 atom stereocenters. The summed E-state index contributed by atoms with van der Waals surface area (Å²) in [6.07, 6.45) is 7.39. The van der Waals surface area contributed by atoms with E-state index in [1.165, 1.54) is 47.7 Å². The summed E-state index contributed by atoms with van der Waals surface area (Å²) in [6.45, 7) is 0. The molecule has 5 aliphatic carbocycles. The molecule has 4 saturated carbocycles. The predicted octanol–water partition coefficient (Wildman–Crippen LogP) is 6.17. The molecule has 0 heterocycles. The van der Waals surface area contributed by atoms with Crippen LogP contribution in [-0.2, 0) is 5.41 Å². The average Bonchev–Trinajstić information content (AvgIpc) is 2.83. The van der Waals surface area contributed by atoms with E-state index in [1.54, 1.807) is 11.1 Å². The quantitative estimate of drug-likeness (QED) is 0.524. The molecule has 4 bridgehead atoms. The monoisotopic (exact) mass is 364 g/mol.